The number of hydrogen-bond acceptors (Lipinski definition) is 10. The number of nitrogens with one attached hydrogen (secondary N) is 1. The van der Waals surface area contributed by atoms with Crippen LogP contribution in [-0.2, 0) is 16.6 Å². The lowest BCUT2D eigenvalue weighted by atomic mass is 10.1. The summed E-state index contributed by atoms with van der Waals surface area (Å²) in [5.74, 6) is 1.14. The summed E-state index contributed by atoms with van der Waals surface area (Å²) in [7, 11) is -2.44. The highest BCUT2D eigenvalue weighted by Gasteiger charge is 2.31. The van der Waals surface area contributed by atoms with Crippen molar-refractivity contribution >= 4 is 27.6 Å². The Labute approximate surface area is 206 Å². The fourth-order valence-electron chi connectivity index (χ4n) is 3.28. The van der Waals surface area contributed by atoms with Gasteiger partial charge in [0.15, 0.2) is 5.82 Å². The molecule has 2 atom stereocenters. The summed E-state index contributed by atoms with van der Waals surface area (Å²) in [5.41, 5.74) is 1.00. The molecule has 0 aliphatic rings. The molecule has 0 aromatic carbocycles. The maximum absolute atomic E-state index is 13.3. The van der Waals surface area contributed by atoms with Crippen LogP contribution in [0.25, 0.3) is 11.5 Å². The van der Waals surface area contributed by atoms with Crippen molar-refractivity contribution in [1.29, 1.82) is 0 Å². The van der Waals surface area contributed by atoms with Crippen LogP contribution in [0.1, 0.15) is 37.0 Å². The third-order valence-corrected chi connectivity index (χ3v) is 7.43. The molecule has 0 aliphatic heterocycles. The van der Waals surface area contributed by atoms with E-state index in [1.165, 1.54) is 19.5 Å². The highest BCUT2D eigenvalue weighted by atomic mass is 35.5. The van der Waals surface area contributed by atoms with Crippen LogP contribution in [0.5, 0.6) is 5.88 Å². The molecule has 1 N–H and O–H groups in total. The average Bonchev–Trinajstić information content (AvgIpc) is 3.44. The van der Waals surface area contributed by atoms with Crippen molar-refractivity contribution in [2.45, 2.75) is 38.5 Å². The maximum Gasteiger partial charge on any atom is 0.238 e. The van der Waals surface area contributed by atoms with Gasteiger partial charge >= 0.3 is 0 Å². The van der Waals surface area contributed by atoms with Crippen molar-refractivity contribution in [2.75, 3.05) is 11.8 Å². The molecule has 4 heterocycles. The first-order valence-corrected chi connectivity index (χ1v) is 12.5. The zero-order valence-electron chi connectivity index (χ0n) is 19.4. The Bertz CT molecular complexity index is 1420. The number of hydrogen-bond donors (Lipinski definition) is 1. The summed E-state index contributed by atoms with van der Waals surface area (Å²) < 4.78 is 41.1. The van der Waals surface area contributed by atoms with E-state index in [1.807, 2.05) is 0 Å². The summed E-state index contributed by atoms with van der Waals surface area (Å²) in [6.07, 6.45) is 2.86. The SMILES string of the molecule is COc1cccc(-c2nnc(NS(=O)(=O)C(C)C(C)c3ncc(Cl)cn3)n2Cc2cc(C)on2)n1. The van der Waals surface area contributed by atoms with E-state index in [2.05, 4.69) is 35.0 Å². The van der Waals surface area contributed by atoms with E-state index in [0.29, 0.717) is 39.7 Å². The Hall–Kier alpha value is -3.58. The topological polar surface area (TPSA) is 151 Å². The second-order valence-electron chi connectivity index (χ2n) is 7.83. The van der Waals surface area contributed by atoms with Crippen molar-refractivity contribution in [3.05, 3.63) is 59.0 Å². The van der Waals surface area contributed by atoms with E-state index in [1.54, 1.807) is 49.6 Å². The normalized spacial score (nSPS) is 13.4. The molecule has 0 radical (unpaired) electrons. The smallest absolute Gasteiger partial charge is 0.238 e. The first-order valence-electron chi connectivity index (χ1n) is 10.5. The number of pyridine rings is 1. The van der Waals surface area contributed by atoms with Crippen LogP contribution >= 0.6 is 11.6 Å². The van der Waals surface area contributed by atoms with Crippen LogP contribution in [0.4, 0.5) is 5.95 Å². The van der Waals surface area contributed by atoms with Gasteiger partial charge in [-0.2, -0.15) is 0 Å². The summed E-state index contributed by atoms with van der Waals surface area (Å²) in [6.45, 7) is 5.19. The van der Waals surface area contributed by atoms with E-state index in [9.17, 15) is 8.42 Å². The monoisotopic (exact) mass is 518 g/mol. The van der Waals surface area contributed by atoms with E-state index in [-0.39, 0.29) is 12.5 Å². The van der Waals surface area contributed by atoms with Gasteiger partial charge in [-0.15, -0.1) is 10.2 Å². The number of anilines is 1. The molecular weight excluding hydrogens is 496 g/mol. The van der Waals surface area contributed by atoms with Gasteiger partial charge in [-0.1, -0.05) is 29.7 Å². The van der Waals surface area contributed by atoms with Gasteiger partial charge in [-0.05, 0) is 19.9 Å². The number of sulfonamides is 1. The number of aromatic nitrogens is 7. The van der Waals surface area contributed by atoms with Crippen molar-refractivity contribution < 1.29 is 17.7 Å². The zero-order valence-corrected chi connectivity index (χ0v) is 20.9. The number of halogens is 1. The van der Waals surface area contributed by atoms with Gasteiger partial charge < -0.3 is 9.26 Å². The third kappa shape index (κ3) is 5.41. The first kappa shape index (κ1) is 24.5. The Balaban J connectivity index is 1.68. The number of rotatable bonds is 9. The number of aryl methyl sites for hydroxylation is 1. The fraction of sp³-hybridized carbons (Fsp3) is 0.333. The van der Waals surface area contributed by atoms with Gasteiger partial charge in [0.25, 0.3) is 0 Å². The van der Waals surface area contributed by atoms with Crippen LogP contribution in [0, 0.1) is 6.92 Å². The molecule has 0 saturated heterocycles. The molecule has 0 spiro atoms. The minimum Gasteiger partial charge on any atom is -0.481 e. The Morgan fingerprint density at radius 2 is 1.94 bits per heavy atom. The van der Waals surface area contributed by atoms with E-state index in [4.69, 9.17) is 20.9 Å². The van der Waals surface area contributed by atoms with Crippen molar-refractivity contribution in [3.63, 3.8) is 0 Å². The molecule has 4 aromatic heterocycles. The highest BCUT2D eigenvalue weighted by molar-refractivity contribution is 7.93. The second-order valence-corrected chi connectivity index (χ2v) is 10.3. The molecule has 0 amide bonds. The summed E-state index contributed by atoms with van der Waals surface area (Å²) in [4.78, 5) is 12.7. The lowest BCUT2D eigenvalue weighted by Gasteiger charge is -2.20. The average molecular weight is 519 g/mol. The molecule has 14 heteroatoms. The summed E-state index contributed by atoms with van der Waals surface area (Å²) in [6, 6.07) is 6.90. The molecule has 0 saturated carbocycles. The molecule has 12 nitrogen and oxygen atoms in total. The Morgan fingerprint density at radius 3 is 2.60 bits per heavy atom. The highest BCUT2D eigenvalue weighted by Crippen LogP contribution is 2.26. The van der Waals surface area contributed by atoms with Crippen molar-refractivity contribution in [3.8, 4) is 17.4 Å². The number of ether oxygens (including phenoxy) is 1. The predicted octanol–water partition coefficient (Wildman–Crippen LogP) is 3.07. The summed E-state index contributed by atoms with van der Waals surface area (Å²) >= 11 is 5.85. The first-order chi connectivity index (χ1) is 16.7. The number of nitrogens with zero attached hydrogens (tertiary/aromatic N) is 7. The molecule has 0 aliphatic carbocycles. The van der Waals surface area contributed by atoms with Gasteiger partial charge in [0.1, 0.15) is 23.0 Å². The standard InChI is InChI=1S/C21H23ClN8O4S/c1-12-8-16(28-34-12)11-30-20(17-6-5-7-18(25-17)33-4)26-27-21(30)29-35(31,32)14(3)13(2)19-23-9-15(22)10-24-19/h5-10,13-14H,11H2,1-4H3,(H,27,29). The fourth-order valence-corrected chi connectivity index (χ4v) is 4.63. The number of methoxy groups -OCH3 is 1. The second kappa shape index (κ2) is 9.96. The molecule has 4 rings (SSSR count). The molecule has 0 bridgehead atoms. The van der Waals surface area contributed by atoms with Crippen LogP contribution in [-0.4, -0.2) is 55.7 Å². The lowest BCUT2D eigenvalue weighted by Crippen LogP contribution is -2.31. The maximum atomic E-state index is 13.3. The van der Waals surface area contributed by atoms with E-state index in [0.717, 1.165) is 0 Å². The zero-order chi connectivity index (χ0) is 25.2. The quantitative estimate of drug-likeness (QED) is 0.350. The molecule has 35 heavy (non-hydrogen) atoms. The van der Waals surface area contributed by atoms with Crippen LogP contribution < -0.4 is 9.46 Å². The van der Waals surface area contributed by atoms with Gasteiger partial charge in [0, 0.05) is 30.4 Å². The largest absolute Gasteiger partial charge is 0.481 e. The predicted molar refractivity (Wildman–Crippen MR) is 128 cm³/mol. The minimum absolute atomic E-state index is 0.00125. The van der Waals surface area contributed by atoms with Crippen molar-refractivity contribution in [1.82, 2.24) is 34.9 Å². The van der Waals surface area contributed by atoms with Crippen LogP contribution in [0.3, 0.4) is 0 Å². The van der Waals surface area contributed by atoms with Gasteiger partial charge in [-0.3, -0.25) is 9.29 Å². The molecule has 2 unspecified atom stereocenters. The third-order valence-electron chi connectivity index (χ3n) is 5.38. The van der Waals surface area contributed by atoms with E-state index < -0.39 is 21.2 Å². The van der Waals surface area contributed by atoms with Gasteiger partial charge in [0.2, 0.25) is 21.9 Å². The molecule has 4 aromatic rings. The van der Waals surface area contributed by atoms with Crippen LogP contribution in [0.15, 0.2) is 41.2 Å². The lowest BCUT2D eigenvalue weighted by molar-refractivity contribution is 0.389. The summed E-state index contributed by atoms with van der Waals surface area (Å²) in [5, 5.41) is 11.8. The van der Waals surface area contributed by atoms with Gasteiger partial charge in [0.05, 0.1) is 23.9 Å². The van der Waals surface area contributed by atoms with Gasteiger partial charge in [-0.25, -0.2) is 23.4 Å². The van der Waals surface area contributed by atoms with E-state index >= 15 is 0 Å². The van der Waals surface area contributed by atoms with Crippen LogP contribution in [0.2, 0.25) is 5.02 Å². The Kier molecular flexibility index (Phi) is 6.98. The van der Waals surface area contributed by atoms with Crippen molar-refractivity contribution in [2.24, 2.45) is 0 Å². The molecule has 0 fully saturated rings. The molecular formula is C21H23ClN8O4S. The molecule has 184 valence electrons. The Morgan fingerprint density at radius 1 is 1.20 bits per heavy atom. The minimum atomic E-state index is -3.94.